The van der Waals surface area contributed by atoms with Gasteiger partial charge in [0, 0.05) is 6.92 Å². The number of carbonyl (C=O) groups excluding carboxylic acids is 1. The smallest absolute Gasteiger partial charge is 0.280 e. The Kier molecular flexibility index (Phi) is 2.08. The van der Waals surface area contributed by atoms with Crippen molar-refractivity contribution in [3.63, 3.8) is 0 Å². The first kappa shape index (κ1) is 7.54. The summed E-state index contributed by atoms with van der Waals surface area (Å²) >= 11 is 0. The second kappa shape index (κ2) is 2.21. The normalized spacial score (nSPS) is 11.2. The third-order valence-electron chi connectivity index (χ3n) is 0.534. The maximum absolute atomic E-state index is 10.1. The molecule has 3 N–H and O–H groups in total. The highest BCUT2D eigenvalue weighted by molar-refractivity contribution is 8.04. The molecule has 6 heteroatoms. The van der Waals surface area contributed by atoms with Gasteiger partial charge in [-0.2, -0.15) is 0 Å². The van der Waals surface area contributed by atoms with Crippen molar-refractivity contribution in [1.29, 1.82) is 0 Å². The van der Waals surface area contributed by atoms with Crippen LogP contribution in [0, 0.1) is 0 Å². The molecule has 0 saturated heterocycles. The lowest BCUT2D eigenvalue weighted by Crippen LogP contribution is -2.34. The van der Waals surface area contributed by atoms with Gasteiger partial charge in [0.25, 0.3) is 15.1 Å². The fourth-order valence-corrected chi connectivity index (χ4v) is 0.249. The van der Waals surface area contributed by atoms with Crippen molar-refractivity contribution in [1.82, 2.24) is 4.83 Å². The van der Waals surface area contributed by atoms with Crippen LogP contribution in [0.5, 0.6) is 0 Å². The monoisotopic (exact) mass is 138 g/mol. The molecule has 0 aromatic rings. The zero-order valence-corrected chi connectivity index (χ0v) is 5.03. The van der Waals surface area contributed by atoms with E-state index in [1.54, 1.807) is 0 Å². The number of hydrazine groups is 1. The van der Waals surface area contributed by atoms with Gasteiger partial charge in [-0.25, -0.2) is 8.42 Å². The Bertz CT molecular complexity index is 181. The Morgan fingerprint density at radius 2 is 2.00 bits per heavy atom. The third kappa shape index (κ3) is 1.57. The minimum atomic E-state index is -3.85. The number of rotatable bonds is 1. The van der Waals surface area contributed by atoms with Gasteiger partial charge >= 0.3 is 0 Å². The predicted octanol–water partition coefficient (Wildman–Crippen LogP) is -1.67. The van der Waals surface area contributed by atoms with Gasteiger partial charge in [0.05, 0.1) is 0 Å². The highest BCUT2D eigenvalue weighted by Gasteiger charge is 2.12. The molecule has 0 aliphatic rings. The van der Waals surface area contributed by atoms with Gasteiger partial charge in [-0.1, -0.05) is 0 Å². The molecule has 0 amide bonds. The summed E-state index contributed by atoms with van der Waals surface area (Å²) in [5.74, 6) is 4.45. The minimum Gasteiger partial charge on any atom is -0.280 e. The number of nitrogens with one attached hydrogen (secondary N) is 1. The van der Waals surface area contributed by atoms with E-state index in [0.29, 0.717) is 0 Å². The molecule has 0 aromatic heterocycles. The molecule has 8 heavy (non-hydrogen) atoms. The van der Waals surface area contributed by atoms with Crippen LogP contribution in [0.15, 0.2) is 0 Å². The summed E-state index contributed by atoms with van der Waals surface area (Å²) < 4.78 is 20.2. The van der Waals surface area contributed by atoms with Crippen molar-refractivity contribution < 1.29 is 13.2 Å². The number of hydrogen-bond donors (Lipinski definition) is 2. The molecule has 0 bridgehead atoms. The first-order valence-electron chi connectivity index (χ1n) is 1.73. The molecular formula is C2H6N2O3S. The molecular weight excluding hydrogens is 132 g/mol. The number of nitrogens with two attached hydrogens (primary N) is 1. The van der Waals surface area contributed by atoms with Gasteiger partial charge in [-0.15, -0.1) is 4.83 Å². The van der Waals surface area contributed by atoms with E-state index in [-0.39, 0.29) is 0 Å². The van der Waals surface area contributed by atoms with Gasteiger partial charge in [-0.3, -0.25) is 10.6 Å². The van der Waals surface area contributed by atoms with Crippen LogP contribution in [0.3, 0.4) is 0 Å². The van der Waals surface area contributed by atoms with E-state index in [9.17, 15) is 13.2 Å². The molecule has 0 aliphatic carbocycles. The Balaban J connectivity index is 4.42. The minimum absolute atomic E-state index is 0.912. The highest BCUT2D eigenvalue weighted by atomic mass is 32.2. The summed E-state index contributed by atoms with van der Waals surface area (Å²) in [6, 6.07) is 0. The largest absolute Gasteiger partial charge is 0.286 e. The molecule has 0 aromatic carbocycles. The van der Waals surface area contributed by atoms with Gasteiger partial charge in [0.15, 0.2) is 0 Å². The summed E-state index contributed by atoms with van der Waals surface area (Å²) in [5, 5.41) is -0.986. The molecule has 0 radical (unpaired) electrons. The number of carbonyl (C=O) groups is 1. The van der Waals surface area contributed by atoms with Crippen molar-refractivity contribution in [3.05, 3.63) is 0 Å². The van der Waals surface area contributed by atoms with Crippen LogP contribution in [-0.2, 0) is 14.8 Å². The summed E-state index contributed by atoms with van der Waals surface area (Å²) in [5.41, 5.74) is 0. The maximum Gasteiger partial charge on any atom is 0.286 e. The summed E-state index contributed by atoms with van der Waals surface area (Å²) in [7, 11) is -3.85. The van der Waals surface area contributed by atoms with Gasteiger partial charge in [0.2, 0.25) is 0 Å². The van der Waals surface area contributed by atoms with Crippen LogP contribution in [-0.4, -0.2) is 13.5 Å². The first-order chi connectivity index (χ1) is 3.50. The molecule has 0 saturated carbocycles. The zero-order valence-electron chi connectivity index (χ0n) is 4.21. The first-order valence-corrected chi connectivity index (χ1v) is 3.22. The standard InChI is InChI=1S/C2H6N2O3S/c1-2(5)8(6,7)4-3/h4H,3H2,1H3. The number of hydrogen-bond acceptors (Lipinski definition) is 4. The van der Waals surface area contributed by atoms with Crippen LogP contribution >= 0.6 is 0 Å². The summed E-state index contributed by atoms with van der Waals surface area (Å²) in [6.45, 7) is 0.912. The quantitative estimate of drug-likeness (QED) is 0.335. The Morgan fingerprint density at radius 3 is 2.00 bits per heavy atom. The molecule has 0 spiro atoms. The Labute approximate surface area is 46.9 Å². The second-order valence-corrected chi connectivity index (χ2v) is 2.93. The Hall–Kier alpha value is -0.460. The average molecular weight is 138 g/mol. The lowest BCUT2D eigenvalue weighted by molar-refractivity contribution is -0.110. The number of sulfonamides is 1. The molecule has 0 heterocycles. The summed E-state index contributed by atoms with van der Waals surface area (Å²) in [4.78, 5) is 11.3. The molecule has 5 nitrogen and oxygen atoms in total. The van der Waals surface area contributed by atoms with Crippen molar-refractivity contribution in [3.8, 4) is 0 Å². The van der Waals surface area contributed by atoms with E-state index in [1.165, 1.54) is 4.83 Å². The molecule has 0 rings (SSSR count). The van der Waals surface area contributed by atoms with E-state index in [1.807, 2.05) is 0 Å². The lowest BCUT2D eigenvalue weighted by Gasteiger charge is -1.91. The van der Waals surface area contributed by atoms with Gasteiger partial charge in [-0.05, 0) is 0 Å². The lowest BCUT2D eigenvalue weighted by atomic mass is 10.9. The van der Waals surface area contributed by atoms with E-state index < -0.39 is 15.1 Å². The van der Waals surface area contributed by atoms with Crippen LogP contribution < -0.4 is 10.7 Å². The molecule has 0 unspecified atom stereocenters. The fraction of sp³-hybridized carbons (Fsp3) is 0.500. The molecule has 0 fully saturated rings. The average Bonchev–Trinajstić information content (AvgIpc) is 1.67. The van der Waals surface area contributed by atoms with Crippen LogP contribution in [0.1, 0.15) is 6.92 Å². The topological polar surface area (TPSA) is 89.3 Å². The molecule has 0 atom stereocenters. The van der Waals surface area contributed by atoms with Crippen LogP contribution in [0.4, 0.5) is 0 Å². The van der Waals surface area contributed by atoms with Gasteiger partial charge in [0.1, 0.15) is 0 Å². The van der Waals surface area contributed by atoms with Crippen LogP contribution in [0.25, 0.3) is 0 Å². The Morgan fingerprint density at radius 1 is 1.62 bits per heavy atom. The van der Waals surface area contributed by atoms with Crippen molar-refractivity contribution in [2.75, 3.05) is 0 Å². The van der Waals surface area contributed by atoms with E-state index in [0.717, 1.165) is 6.92 Å². The van der Waals surface area contributed by atoms with E-state index in [4.69, 9.17) is 0 Å². The van der Waals surface area contributed by atoms with Crippen molar-refractivity contribution >= 4 is 15.1 Å². The third-order valence-corrected chi connectivity index (χ3v) is 1.60. The summed E-state index contributed by atoms with van der Waals surface area (Å²) in [6.07, 6.45) is 0. The van der Waals surface area contributed by atoms with Crippen molar-refractivity contribution in [2.24, 2.45) is 5.84 Å². The maximum atomic E-state index is 10.1. The SMILES string of the molecule is CC(=O)S(=O)(=O)NN. The van der Waals surface area contributed by atoms with Gasteiger partial charge < -0.3 is 0 Å². The highest BCUT2D eigenvalue weighted by Crippen LogP contribution is 1.78. The van der Waals surface area contributed by atoms with E-state index in [2.05, 4.69) is 5.84 Å². The second-order valence-electron chi connectivity index (χ2n) is 1.11. The fourth-order valence-electron chi connectivity index (χ4n) is 0.0830. The predicted molar refractivity (Wildman–Crippen MR) is 26.9 cm³/mol. The zero-order chi connectivity index (χ0) is 6.78. The molecule has 0 aliphatic heterocycles. The van der Waals surface area contributed by atoms with E-state index >= 15 is 0 Å². The van der Waals surface area contributed by atoms with Crippen LogP contribution in [0.2, 0.25) is 0 Å². The van der Waals surface area contributed by atoms with Crippen molar-refractivity contribution in [2.45, 2.75) is 6.92 Å². The molecule has 48 valence electrons.